The van der Waals surface area contributed by atoms with Gasteiger partial charge in [-0.1, -0.05) is 17.7 Å². The highest BCUT2D eigenvalue weighted by Gasteiger charge is 2.37. The molecule has 10 nitrogen and oxygen atoms in total. The molecule has 0 amide bonds. The Bertz CT molecular complexity index is 1370. The summed E-state index contributed by atoms with van der Waals surface area (Å²) in [4.78, 5) is 5.54. The van der Waals surface area contributed by atoms with Gasteiger partial charge in [-0.25, -0.2) is 13.5 Å². The van der Waals surface area contributed by atoms with Crippen LogP contribution in [0.25, 0.3) is 11.1 Å². The predicted octanol–water partition coefficient (Wildman–Crippen LogP) is 3.41. The number of nitrogens with one attached hydrogen (secondary N) is 2. The van der Waals surface area contributed by atoms with E-state index in [-0.39, 0.29) is 57.5 Å². The second kappa shape index (κ2) is 9.76. The summed E-state index contributed by atoms with van der Waals surface area (Å²) >= 11 is 6.34. The Labute approximate surface area is 210 Å². The van der Waals surface area contributed by atoms with Crippen molar-refractivity contribution >= 4 is 39.2 Å². The number of hydrogen-bond acceptors (Lipinski definition) is 8. The van der Waals surface area contributed by atoms with Crippen LogP contribution >= 0.6 is 11.6 Å². The fourth-order valence-electron chi connectivity index (χ4n) is 3.86. The fourth-order valence-corrected chi connectivity index (χ4v) is 5.79. The molecule has 2 aromatic carbocycles. The number of piperazine rings is 1. The summed E-state index contributed by atoms with van der Waals surface area (Å²) in [6.45, 7) is 1.53. The number of rotatable bonds is 6. The third-order valence-electron chi connectivity index (χ3n) is 5.69. The van der Waals surface area contributed by atoms with Gasteiger partial charge >= 0.3 is 6.18 Å². The number of H-pyrrole nitrogens is 1. The number of aromatic nitrogens is 3. The van der Waals surface area contributed by atoms with E-state index < -0.39 is 21.8 Å². The quantitative estimate of drug-likeness (QED) is 0.430. The van der Waals surface area contributed by atoms with Gasteiger partial charge in [-0.2, -0.15) is 22.5 Å². The van der Waals surface area contributed by atoms with Crippen LogP contribution in [0.2, 0.25) is 5.02 Å². The molecule has 0 radical (unpaired) electrons. The van der Waals surface area contributed by atoms with Crippen molar-refractivity contribution in [3.05, 3.63) is 40.9 Å². The Morgan fingerprint density at radius 2 is 1.86 bits per heavy atom. The summed E-state index contributed by atoms with van der Waals surface area (Å²) in [5.74, 6) is -0.0548. The molecule has 1 fully saturated rings. The summed E-state index contributed by atoms with van der Waals surface area (Å²) < 4.78 is 75.8. The normalized spacial score (nSPS) is 15.7. The number of sulfonamides is 1. The van der Waals surface area contributed by atoms with Gasteiger partial charge in [0.15, 0.2) is 0 Å². The molecule has 1 aromatic heterocycles. The lowest BCUT2D eigenvalue weighted by molar-refractivity contribution is -0.137. The van der Waals surface area contributed by atoms with E-state index in [1.165, 1.54) is 29.6 Å². The number of likely N-dealkylation sites (N-methyl/N-ethyl adjacent to an activating group) is 1. The Balaban J connectivity index is 1.82. The summed E-state index contributed by atoms with van der Waals surface area (Å²) in [6, 6.07) is 5.91. The van der Waals surface area contributed by atoms with Crippen molar-refractivity contribution in [1.29, 1.82) is 0 Å². The number of ether oxygens (including phenoxy) is 1. The summed E-state index contributed by atoms with van der Waals surface area (Å²) in [6.07, 6.45) is -4.81. The van der Waals surface area contributed by atoms with E-state index in [0.29, 0.717) is 13.1 Å². The van der Waals surface area contributed by atoms with Crippen LogP contribution in [-0.4, -0.2) is 73.1 Å². The molecule has 1 aliphatic rings. The zero-order chi connectivity index (χ0) is 26.3. The number of benzene rings is 2. The third-order valence-corrected chi connectivity index (χ3v) is 7.90. The number of nitrogens with zero attached hydrogens (tertiary/aromatic N) is 4. The van der Waals surface area contributed by atoms with E-state index >= 15 is 0 Å². The molecule has 15 heteroatoms. The SMILES string of the molecule is COc1ccc(-c2c(Cl)cc(Nc3n[nH]c(N)n3)cc2C(F)(F)F)cc1S(=O)(=O)N1CCN(C)CC1. The highest BCUT2D eigenvalue weighted by atomic mass is 35.5. The lowest BCUT2D eigenvalue weighted by Gasteiger charge is -2.32. The molecule has 0 unspecified atom stereocenters. The van der Waals surface area contributed by atoms with Gasteiger partial charge in [-0.15, -0.1) is 5.10 Å². The van der Waals surface area contributed by atoms with E-state index in [4.69, 9.17) is 22.1 Å². The molecule has 0 saturated carbocycles. The van der Waals surface area contributed by atoms with Gasteiger partial charge in [0, 0.05) is 37.4 Å². The van der Waals surface area contributed by atoms with Gasteiger partial charge in [0.25, 0.3) is 0 Å². The van der Waals surface area contributed by atoms with Crippen LogP contribution in [0.15, 0.2) is 35.2 Å². The van der Waals surface area contributed by atoms with Crippen molar-refractivity contribution in [3.63, 3.8) is 0 Å². The third kappa shape index (κ3) is 5.21. The summed E-state index contributed by atoms with van der Waals surface area (Å²) in [5.41, 5.74) is 3.94. The van der Waals surface area contributed by atoms with Crippen LogP contribution in [0, 0.1) is 0 Å². The van der Waals surface area contributed by atoms with Crippen molar-refractivity contribution in [3.8, 4) is 16.9 Å². The van der Waals surface area contributed by atoms with Crippen molar-refractivity contribution in [1.82, 2.24) is 24.4 Å². The van der Waals surface area contributed by atoms with Crippen molar-refractivity contribution in [2.75, 3.05) is 51.4 Å². The van der Waals surface area contributed by atoms with Gasteiger partial charge in [-0.3, -0.25) is 0 Å². The maximum absolute atomic E-state index is 14.1. The highest BCUT2D eigenvalue weighted by molar-refractivity contribution is 7.89. The van der Waals surface area contributed by atoms with Crippen LogP contribution in [0.5, 0.6) is 5.75 Å². The smallest absolute Gasteiger partial charge is 0.417 e. The molecule has 4 N–H and O–H groups in total. The van der Waals surface area contributed by atoms with Crippen molar-refractivity contribution < 1.29 is 26.3 Å². The van der Waals surface area contributed by atoms with Crippen LogP contribution in [0.4, 0.5) is 30.8 Å². The number of aromatic amines is 1. The van der Waals surface area contributed by atoms with Crippen molar-refractivity contribution in [2.24, 2.45) is 0 Å². The average molecular weight is 546 g/mol. The molecule has 3 aromatic rings. The molecule has 0 aliphatic carbocycles. The number of alkyl halides is 3. The number of halogens is 4. The monoisotopic (exact) mass is 545 g/mol. The minimum absolute atomic E-state index is 0.0165. The second-order valence-corrected chi connectivity index (χ2v) is 10.4. The first-order valence-electron chi connectivity index (χ1n) is 10.6. The molecule has 2 heterocycles. The first-order valence-corrected chi connectivity index (χ1v) is 12.4. The minimum atomic E-state index is -4.81. The van der Waals surface area contributed by atoms with Gasteiger partial charge in [0.1, 0.15) is 10.6 Å². The molecule has 194 valence electrons. The summed E-state index contributed by atoms with van der Waals surface area (Å²) in [5, 5.41) is 8.46. The fraction of sp³-hybridized carbons (Fsp3) is 0.333. The maximum atomic E-state index is 14.1. The number of hydrogen-bond donors (Lipinski definition) is 3. The molecule has 0 bridgehead atoms. The zero-order valence-electron chi connectivity index (χ0n) is 19.2. The number of nitrogens with two attached hydrogens (primary N) is 1. The van der Waals surface area contributed by atoms with Crippen molar-refractivity contribution in [2.45, 2.75) is 11.1 Å². The Morgan fingerprint density at radius 3 is 2.44 bits per heavy atom. The maximum Gasteiger partial charge on any atom is 0.417 e. The molecule has 0 atom stereocenters. The standard InChI is InChI=1S/C21H23ClF3N7O3S/c1-31-5-7-32(8-6-31)36(33,34)17-9-12(3-4-16(17)35-2)18-14(21(23,24)25)10-13(11-15(18)22)27-20-28-19(26)29-30-20/h3-4,9-11H,5-8H2,1-2H3,(H4,26,27,28,29,30). The van der Waals surface area contributed by atoms with E-state index in [1.807, 2.05) is 11.9 Å². The molecular formula is C21H23ClF3N7O3S. The van der Waals surface area contributed by atoms with Crippen LogP contribution in [0.3, 0.4) is 0 Å². The van der Waals surface area contributed by atoms with Gasteiger partial charge in [0.05, 0.1) is 17.7 Å². The summed E-state index contributed by atoms with van der Waals surface area (Å²) in [7, 11) is -0.883. The molecular weight excluding hydrogens is 523 g/mol. The van der Waals surface area contributed by atoms with Gasteiger partial charge in [-0.05, 0) is 36.9 Å². The topological polar surface area (TPSA) is 129 Å². The number of methoxy groups -OCH3 is 1. The van der Waals surface area contributed by atoms with Crippen LogP contribution in [0.1, 0.15) is 5.56 Å². The largest absolute Gasteiger partial charge is 0.495 e. The van der Waals surface area contributed by atoms with Gasteiger partial charge < -0.3 is 20.7 Å². The molecule has 4 rings (SSSR count). The van der Waals surface area contributed by atoms with E-state index in [9.17, 15) is 21.6 Å². The molecule has 36 heavy (non-hydrogen) atoms. The molecule has 0 spiro atoms. The zero-order valence-corrected chi connectivity index (χ0v) is 20.8. The minimum Gasteiger partial charge on any atom is -0.495 e. The van der Waals surface area contributed by atoms with E-state index in [1.54, 1.807) is 0 Å². The molecule has 1 aliphatic heterocycles. The Hall–Kier alpha value is -3.07. The first-order chi connectivity index (χ1) is 16.9. The van der Waals surface area contributed by atoms with Crippen LogP contribution < -0.4 is 15.8 Å². The molecule has 1 saturated heterocycles. The van der Waals surface area contributed by atoms with Gasteiger partial charge in [0.2, 0.25) is 21.9 Å². The lowest BCUT2D eigenvalue weighted by atomic mass is 9.98. The van der Waals surface area contributed by atoms with E-state index in [2.05, 4.69) is 20.5 Å². The Morgan fingerprint density at radius 1 is 1.17 bits per heavy atom. The highest BCUT2D eigenvalue weighted by Crippen LogP contribution is 2.44. The lowest BCUT2D eigenvalue weighted by Crippen LogP contribution is -2.47. The number of nitrogen functional groups attached to an aromatic ring is 1. The Kier molecular flexibility index (Phi) is 7.05. The number of anilines is 3. The second-order valence-electron chi connectivity index (χ2n) is 8.12. The van der Waals surface area contributed by atoms with Crippen LogP contribution in [-0.2, 0) is 16.2 Å². The first kappa shape index (κ1) is 26.0. The van der Waals surface area contributed by atoms with E-state index in [0.717, 1.165) is 12.1 Å². The average Bonchev–Trinajstić information content (AvgIpc) is 3.22. The predicted molar refractivity (Wildman–Crippen MR) is 129 cm³/mol.